The second-order valence-corrected chi connectivity index (χ2v) is 4.22. The maximum Gasteiger partial charge on any atom is 0.109 e. The highest BCUT2D eigenvalue weighted by atomic mass is 127. The van der Waals surface area contributed by atoms with Gasteiger partial charge in [-0.25, -0.2) is 0 Å². The maximum absolute atomic E-state index is 8.47. The third-order valence-corrected chi connectivity index (χ3v) is 2.47. The van der Waals surface area contributed by atoms with Gasteiger partial charge in [0.25, 0.3) is 0 Å². The van der Waals surface area contributed by atoms with Crippen LogP contribution < -0.4 is 0 Å². The van der Waals surface area contributed by atoms with Crippen LogP contribution in [0.25, 0.3) is 0 Å². The molecule has 0 aromatic heterocycles. The summed E-state index contributed by atoms with van der Waals surface area (Å²) in [6.45, 7) is 5.86. The number of hydrogen-bond donors (Lipinski definition) is 1. The quantitative estimate of drug-likeness (QED) is 0.276. The van der Waals surface area contributed by atoms with Crippen LogP contribution in [0, 0.1) is 0 Å². The zero-order valence-corrected chi connectivity index (χ0v) is 13.9. The number of rotatable bonds is 17. The summed E-state index contributed by atoms with van der Waals surface area (Å²) < 4.78 is 31.0. The van der Waals surface area contributed by atoms with Gasteiger partial charge in [0.1, 0.15) is 23.0 Å². The lowest BCUT2D eigenvalue weighted by Crippen LogP contribution is -2.14. The molecule has 0 rings (SSSR count). The van der Waals surface area contributed by atoms with Gasteiger partial charge in [-0.3, -0.25) is 0 Å². The van der Waals surface area contributed by atoms with Gasteiger partial charge in [-0.1, -0.05) is 0 Å². The minimum absolute atomic E-state index is 0.0419. The summed E-state index contributed by atoms with van der Waals surface area (Å²) in [6, 6.07) is 0. The molecule has 0 atom stereocenters. The molecule has 20 heavy (non-hydrogen) atoms. The van der Waals surface area contributed by atoms with Crippen LogP contribution in [0.1, 0.15) is 0 Å². The van der Waals surface area contributed by atoms with Crippen molar-refractivity contribution in [3.05, 3.63) is 0 Å². The van der Waals surface area contributed by atoms with E-state index in [1.165, 1.54) is 0 Å². The fourth-order valence-corrected chi connectivity index (χ4v) is 1.32. The van der Waals surface area contributed by atoms with Gasteiger partial charge in [0.2, 0.25) is 0 Å². The lowest BCUT2D eigenvalue weighted by atomic mass is 10.7. The molecule has 0 amide bonds. The fourth-order valence-electron chi connectivity index (χ4n) is 1.14. The van der Waals surface area contributed by atoms with E-state index < -0.39 is 0 Å². The van der Waals surface area contributed by atoms with Crippen LogP contribution in [0.5, 0.6) is 0 Å². The highest BCUT2D eigenvalue weighted by Gasteiger charge is 1.93. The first-order valence-electron chi connectivity index (χ1n) is 6.65. The third-order valence-electron chi connectivity index (χ3n) is 2.03. The van der Waals surface area contributed by atoms with E-state index in [4.69, 9.17) is 31.9 Å². The molecule has 122 valence electrons. The van der Waals surface area contributed by atoms with E-state index in [2.05, 4.69) is 0 Å². The van der Waals surface area contributed by atoms with Gasteiger partial charge >= 0.3 is 0 Å². The molecular weight excluding hydrogens is 383 g/mol. The second-order valence-electron chi connectivity index (χ2n) is 3.60. The van der Waals surface area contributed by atoms with Gasteiger partial charge in [0, 0.05) is 0 Å². The Bertz CT molecular complexity index is 156. The Morgan fingerprint density at radius 1 is 0.500 bits per heavy atom. The molecule has 0 saturated carbocycles. The predicted molar refractivity (Wildman–Crippen MR) is 81.2 cm³/mol. The molecule has 0 aromatic rings. The van der Waals surface area contributed by atoms with Crippen LogP contribution in [0.3, 0.4) is 0 Å². The van der Waals surface area contributed by atoms with Crippen LogP contribution in [0.4, 0.5) is 0 Å². The molecule has 0 bridgehead atoms. The molecule has 1 N–H and O–H groups in total. The second kappa shape index (κ2) is 19.4. The Kier molecular flexibility index (Phi) is 19.9. The van der Waals surface area contributed by atoms with Crippen molar-refractivity contribution >= 4 is 23.0 Å². The summed E-state index contributed by atoms with van der Waals surface area (Å²) in [5, 5.41) is 8.47. The standard InChI is InChI=1S/C12H25IO7/c13-20-12-11-19-10-9-18-8-7-17-6-5-16-4-3-15-2-1-14/h14H,1-12H2. The van der Waals surface area contributed by atoms with Crippen LogP contribution in [-0.2, 0) is 26.8 Å². The van der Waals surface area contributed by atoms with Gasteiger partial charge < -0.3 is 31.9 Å². The molecule has 0 spiro atoms. The van der Waals surface area contributed by atoms with Gasteiger partial charge in [-0.2, -0.15) is 0 Å². The van der Waals surface area contributed by atoms with Crippen LogP contribution in [-0.4, -0.2) is 84.4 Å². The predicted octanol–water partition coefficient (Wildman–Crippen LogP) is 0.428. The summed E-state index contributed by atoms with van der Waals surface area (Å²) in [5.74, 6) is 0. The lowest BCUT2D eigenvalue weighted by molar-refractivity contribution is -0.0141. The van der Waals surface area contributed by atoms with E-state index in [9.17, 15) is 0 Å². The zero-order valence-electron chi connectivity index (χ0n) is 11.8. The lowest BCUT2D eigenvalue weighted by Gasteiger charge is -2.07. The summed E-state index contributed by atoms with van der Waals surface area (Å²) in [4.78, 5) is 0. The van der Waals surface area contributed by atoms with Gasteiger partial charge in [0.15, 0.2) is 0 Å². The van der Waals surface area contributed by atoms with E-state index in [0.717, 1.165) is 0 Å². The Morgan fingerprint density at radius 2 is 0.800 bits per heavy atom. The Labute approximate surface area is 134 Å². The van der Waals surface area contributed by atoms with Crippen LogP contribution >= 0.6 is 23.0 Å². The monoisotopic (exact) mass is 408 g/mol. The fraction of sp³-hybridized carbons (Fsp3) is 1.00. The smallest absolute Gasteiger partial charge is 0.109 e. The molecule has 0 aliphatic heterocycles. The van der Waals surface area contributed by atoms with Crippen molar-refractivity contribution < 1.29 is 31.9 Å². The summed E-state index contributed by atoms with van der Waals surface area (Å²) in [6.07, 6.45) is 0. The number of halogens is 1. The molecule has 0 aliphatic rings. The molecule has 0 unspecified atom stereocenters. The molecule has 0 fully saturated rings. The summed E-state index contributed by atoms with van der Waals surface area (Å²) in [5.41, 5.74) is 0. The zero-order chi connectivity index (χ0) is 14.7. The third kappa shape index (κ3) is 18.4. The normalized spacial score (nSPS) is 11.1. The van der Waals surface area contributed by atoms with Gasteiger partial charge in [-0.15, -0.1) is 0 Å². The topological polar surface area (TPSA) is 75.6 Å². The molecule has 0 saturated heterocycles. The van der Waals surface area contributed by atoms with Crippen molar-refractivity contribution in [3.63, 3.8) is 0 Å². The first-order valence-corrected chi connectivity index (χ1v) is 7.53. The SMILES string of the molecule is OCCOCCOCCOCCOCCOCCOI. The van der Waals surface area contributed by atoms with Gasteiger partial charge in [0.05, 0.1) is 79.3 Å². The first kappa shape index (κ1) is 20.5. The number of hydrogen-bond acceptors (Lipinski definition) is 7. The minimum Gasteiger partial charge on any atom is -0.394 e. The molecule has 0 heterocycles. The van der Waals surface area contributed by atoms with E-state index in [1.807, 2.05) is 23.0 Å². The van der Waals surface area contributed by atoms with E-state index in [-0.39, 0.29) is 6.61 Å². The van der Waals surface area contributed by atoms with Crippen molar-refractivity contribution in [1.29, 1.82) is 0 Å². The summed E-state index contributed by atoms with van der Waals surface area (Å²) >= 11 is 1.83. The van der Waals surface area contributed by atoms with E-state index in [1.54, 1.807) is 0 Å². The van der Waals surface area contributed by atoms with E-state index in [0.29, 0.717) is 72.7 Å². The highest BCUT2D eigenvalue weighted by molar-refractivity contribution is 14.1. The van der Waals surface area contributed by atoms with E-state index >= 15 is 0 Å². The van der Waals surface area contributed by atoms with Crippen LogP contribution in [0.15, 0.2) is 0 Å². The highest BCUT2D eigenvalue weighted by Crippen LogP contribution is 1.86. The minimum atomic E-state index is 0.0419. The Hall–Kier alpha value is 0.450. The van der Waals surface area contributed by atoms with Crippen molar-refractivity contribution in [1.82, 2.24) is 0 Å². The maximum atomic E-state index is 8.47. The van der Waals surface area contributed by atoms with Crippen molar-refractivity contribution in [2.75, 3.05) is 79.3 Å². The Balaban J connectivity index is 2.89. The molecule has 0 aliphatic carbocycles. The number of aliphatic hydroxyl groups excluding tert-OH is 1. The molecule has 8 heteroatoms. The Morgan fingerprint density at radius 3 is 1.10 bits per heavy atom. The molecule has 0 aromatic carbocycles. The molecular formula is C12H25IO7. The largest absolute Gasteiger partial charge is 0.394 e. The number of ether oxygens (including phenoxy) is 5. The van der Waals surface area contributed by atoms with Crippen molar-refractivity contribution in [2.24, 2.45) is 0 Å². The average Bonchev–Trinajstić information content (AvgIpc) is 2.47. The van der Waals surface area contributed by atoms with Crippen LogP contribution in [0.2, 0.25) is 0 Å². The van der Waals surface area contributed by atoms with Gasteiger partial charge in [-0.05, 0) is 0 Å². The number of aliphatic hydroxyl groups is 1. The van der Waals surface area contributed by atoms with Crippen molar-refractivity contribution in [3.8, 4) is 0 Å². The first-order chi connectivity index (χ1) is 9.91. The molecule has 0 radical (unpaired) electrons. The average molecular weight is 408 g/mol. The molecule has 7 nitrogen and oxygen atoms in total. The van der Waals surface area contributed by atoms with Crippen molar-refractivity contribution in [2.45, 2.75) is 0 Å². The summed E-state index contributed by atoms with van der Waals surface area (Å²) in [7, 11) is 0.